The first-order chi connectivity index (χ1) is 8.16. The number of rotatable bonds is 3. The normalized spacial score (nSPS) is 17.1. The van der Waals surface area contributed by atoms with Crippen molar-refractivity contribution in [1.29, 1.82) is 0 Å². The Bertz CT molecular complexity index is 543. The Balaban J connectivity index is 1.98. The maximum Gasteiger partial charge on any atom is 0.0889 e. The molecule has 0 radical (unpaired) electrons. The second kappa shape index (κ2) is 3.67. The molecule has 4 heteroatoms. The van der Waals surface area contributed by atoms with Gasteiger partial charge in [-0.1, -0.05) is 18.2 Å². The highest BCUT2D eigenvalue weighted by Gasteiger charge is 2.40. The average molecular weight is 229 g/mol. The molecule has 0 spiro atoms. The standard InChI is InChI=1S/C13H15N3O/c1-10-9-14-16(15-10)12-5-3-2-4-11(12)8-13(17)6-7-13/h2-5,9,17H,6-8H2,1H3. The first kappa shape index (κ1) is 10.5. The lowest BCUT2D eigenvalue weighted by molar-refractivity contribution is 0.151. The molecule has 1 heterocycles. The smallest absolute Gasteiger partial charge is 0.0889 e. The number of para-hydroxylation sites is 1. The van der Waals surface area contributed by atoms with E-state index in [1.807, 2.05) is 31.2 Å². The van der Waals surface area contributed by atoms with E-state index in [1.54, 1.807) is 11.0 Å². The van der Waals surface area contributed by atoms with Gasteiger partial charge in [0.2, 0.25) is 0 Å². The van der Waals surface area contributed by atoms with Gasteiger partial charge in [-0.25, -0.2) is 0 Å². The fourth-order valence-electron chi connectivity index (χ4n) is 1.99. The van der Waals surface area contributed by atoms with E-state index in [-0.39, 0.29) is 0 Å². The van der Waals surface area contributed by atoms with Gasteiger partial charge in [0.05, 0.1) is 23.2 Å². The Hall–Kier alpha value is -1.68. The Labute approximate surface area is 99.9 Å². The molecular weight excluding hydrogens is 214 g/mol. The minimum Gasteiger partial charge on any atom is -0.390 e. The lowest BCUT2D eigenvalue weighted by Crippen LogP contribution is -2.13. The summed E-state index contributed by atoms with van der Waals surface area (Å²) in [6.07, 6.45) is 4.21. The number of aliphatic hydroxyl groups is 1. The summed E-state index contributed by atoms with van der Waals surface area (Å²) in [7, 11) is 0. The third kappa shape index (κ3) is 2.08. The number of hydrogen-bond acceptors (Lipinski definition) is 3. The molecule has 0 unspecified atom stereocenters. The molecule has 1 aromatic carbocycles. The largest absolute Gasteiger partial charge is 0.390 e. The van der Waals surface area contributed by atoms with Gasteiger partial charge in [0.15, 0.2) is 0 Å². The van der Waals surface area contributed by atoms with Gasteiger partial charge in [-0.3, -0.25) is 0 Å². The van der Waals surface area contributed by atoms with Crippen molar-refractivity contribution in [3.8, 4) is 5.69 Å². The highest BCUT2D eigenvalue weighted by atomic mass is 16.3. The average Bonchev–Trinajstić information content (AvgIpc) is 2.87. The van der Waals surface area contributed by atoms with Crippen LogP contribution < -0.4 is 0 Å². The SMILES string of the molecule is Cc1cnn(-c2ccccc2CC2(O)CC2)n1. The molecular formula is C13H15N3O. The first-order valence-corrected chi connectivity index (χ1v) is 5.86. The van der Waals surface area contributed by atoms with Gasteiger partial charge in [-0.05, 0) is 31.4 Å². The lowest BCUT2D eigenvalue weighted by atomic mass is 10.0. The zero-order valence-electron chi connectivity index (χ0n) is 9.80. The molecule has 1 N–H and O–H groups in total. The van der Waals surface area contributed by atoms with Crippen LogP contribution in [0.3, 0.4) is 0 Å². The molecule has 1 aliphatic carbocycles. The minimum absolute atomic E-state index is 0.488. The van der Waals surface area contributed by atoms with Gasteiger partial charge in [0, 0.05) is 6.42 Å². The predicted molar refractivity (Wildman–Crippen MR) is 64.0 cm³/mol. The lowest BCUT2D eigenvalue weighted by Gasteiger charge is -2.11. The van der Waals surface area contributed by atoms with Crippen LogP contribution in [0.5, 0.6) is 0 Å². The van der Waals surface area contributed by atoms with Gasteiger partial charge >= 0.3 is 0 Å². The number of hydrogen-bond donors (Lipinski definition) is 1. The van der Waals surface area contributed by atoms with E-state index in [2.05, 4.69) is 10.2 Å². The topological polar surface area (TPSA) is 50.9 Å². The molecule has 88 valence electrons. The van der Waals surface area contributed by atoms with Crippen LogP contribution in [0.4, 0.5) is 0 Å². The fraction of sp³-hybridized carbons (Fsp3) is 0.385. The molecule has 3 rings (SSSR count). The van der Waals surface area contributed by atoms with Gasteiger partial charge in [0.1, 0.15) is 0 Å². The first-order valence-electron chi connectivity index (χ1n) is 5.86. The van der Waals surface area contributed by atoms with Crippen molar-refractivity contribution < 1.29 is 5.11 Å². The van der Waals surface area contributed by atoms with Crippen molar-refractivity contribution in [2.24, 2.45) is 0 Å². The van der Waals surface area contributed by atoms with Gasteiger partial charge in [-0.2, -0.15) is 15.0 Å². The number of nitrogens with zero attached hydrogens (tertiary/aromatic N) is 3. The van der Waals surface area contributed by atoms with E-state index in [9.17, 15) is 5.11 Å². The van der Waals surface area contributed by atoms with Gasteiger partial charge in [-0.15, -0.1) is 0 Å². The van der Waals surface area contributed by atoms with Crippen LogP contribution in [0.15, 0.2) is 30.5 Å². The molecule has 0 aliphatic heterocycles. The van der Waals surface area contributed by atoms with Crippen molar-refractivity contribution in [3.63, 3.8) is 0 Å². The molecule has 1 saturated carbocycles. The predicted octanol–water partition coefficient (Wildman–Crippen LogP) is 1.64. The summed E-state index contributed by atoms with van der Waals surface area (Å²) < 4.78 is 0. The van der Waals surface area contributed by atoms with E-state index in [4.69, 9.17) is 0 Å². The Morgan fingerprint density at radius 3 is 2.76 bits per heavy atom. The number of benzene rings is 1. The van der Waals surface area contributed by atoms with Crippen molar-refractivity contribution in [2.45, 2.75) is 31.8 Å². The van der Waals surface area contributed by atoms with Crippen LogP contribution in [0.25, 0.3) is 5.69 Å². The van der Waals surface area contributed by atoms with Crippen molar-refractivity contribution in [2.75, 3.05) is 0 Å². The summed E-state index contributed by atoms with van der Waals surface area (Å²) in [6.45, 7) is 1.92. The molecule has 1 aliphatic rings. The summed E-state index contributed by atoms with van der Waals surface area (Å²) in [5.41, 5.74) is 2.46. The monoisotopic (exact) mass is 229 g/mol. The fourth-order valence-corrected chi connectivity index (χ4v) is 1.99. The molecule has 2 aromatic rings. The van der Waals surface area contributed by atoms with Crippen molar-refractivity contribution in [3.05, 3.63) is 41.7 Å². The molecule has 0 bridgehead atoms. The molecule has 0 atom stereocenters. The van der Waals surface area contributed by atoms with Crippen LogP contribution in [-0.4, -0.2) is 25.7 Å². The van der Waals surface area contributed by atoms with E-state index in [0.717, 1.165) is 29.8 Å². The van der Waals surface area contributed by atoms with E-state index in [1.165, 1.54) is 0 Å². The highest BCUT2D eigenvalue weighted by Crippen LogP contribution is 2.39. The second-order valence-corrected chi connectivity index (χ2v) is 4.81. The molecule has 0 amide bonds. The van der Waals surface area contributed by atoms with Crippen LogP contribution in [0.1, 0.15) is 24.1 Å². The molecule has 1 aromatic heterocycles. The molecule has 17 heavy (non-hydrogen) atoms. The van der Waals surface area contributed by atoms with Crippen LogP contribution in [0.2, 0.25) is 0 Å². The van der Waals surface area contributed by atoms with Crippen LogP contribution >= 0.6 is 0 Å². The summed E-state index contributed by atoms with van der Waals surface area (Å²) >= 11 is 0. The zero-order chi connectivity index (χ0) is 11.9. The van der Waals surface area contributed by atoms with Crippen molar-refractivity contribution >= 4 is 0 Å². The maximum atomic E-state index is 10.0. The van der Waals surface area contributed by atoms with E-state index >= 15 is 0 Å². The summed E-state index contributed by atoms with van der Waals surface area (Å²) in [5, 5.41) is 18.5. The summed E-state index contributed by atoms with van der Waals surface area (Å²) in [4.78, 5) is 1.64. The third-order valence-electron chi connectivity index (χ3n) is 3.16. The minimum atomic E-state index is -0.488. The summed E-state index contributed by atoms with van der Waals surface area (Å²) in [6, 6.07) is 7.97. The Kier molecular flexibility index (Phi) is 2.26. The quantitative estimate of drug-likeness (QED) is 0.870. The van der Waals surface area contributed by atoms with E-state index < -0.39 is 5.60 Å². The summed E-state index contributed by atoms with van der Waals surface area (Å²) in [5.74, 6) is 0. The molecule has 4 nitrogen and oxygen atoms in total. The highest BCUT2D eigenvalue weighted by molar-refractivity contribution is 5.40. The van der Waals surface area contributed by atoms with Crippen molar-refractivity contribution in [1.82, 2.24) is 15.0 Å². The second-order valence-electron chi connectivity index (χ2n) is 4.81. The van der Waals surface area contributed by atoms with Gasteiger partial charge in [0.25, 0.3) is 0 Å². The third-order valence-corrected chi connectivity index (χ3v) is 3.16. The Morgan fingerprint density at radius 1 is 1.35 bits per heavy atom. The van der Waals surface area contributed by atoms with Crippen LogP contribution in [0, 0.1) is 6.92 Å². The maximum absolute atomic E-state index is 10.0. The number of aromatic nitrogens is 3. The molecule has 0 saturated heterocycles. The van der Waals surface area contributed by atoms with Crippen LogP contribution in [-0.2, 0) is 6.42 Å². The molecule has 1 fully saturated rings. The van der Waals surface area contributed by atoms with E-state index in [0.29, 0.717) is 6.42 Å². The Morgan fingerprint density at radius 2 is 2.12 bits per heavy atom. The number of aryl methyl sites for hydroxylation is 1. The van der Waals surface area contributed by atoms with Gasteiger partial charge < -0.3 is 5.11 Å². The zero-order valence-corrected chi connectivity index (χ0v) is 9.80.